The molecule has 2 amide bonds. The Morgan fingerprint density at radius 1 is 1.41 bits per heavy atom. The third kappa shape index (κ3) is 1.98. The summed E-state index contributed by atoms with van der Waals surface area (Å²) in [6.07, 6.45) is 0. The van der Waals surface area contributed by atoms with Crippen molar-refractivity contribution in [2.24, 2.45) is 0 Å². The van der Waals surface area contributed by atoms with Crippen molar-refractivity contribution >= 4 is 45.7 Å². The zero-order chi connectivity index (χ0) is 16.0. The van der Waals surface area contributed by atoms with E-state index in [1.165, 1.54) is 23.1 Å². The molecule has 8 nitrogen and oxygen atoms in total. The average molecular weight is 318 g/mol. The number of likely N-dealkylation sites (N-methyl/N-ethyl adjacent to an activating group) is 1. The summed E-state index contributed by atoms with van der Waals surface area (Å²) < 4.78 is 0. The summed E-state index contributed by atoms with van der Waals surface area (Å²) in [6.45, 7) is 2.16. The minimum atomic E-state index is -0.550. The molecule has 1 aromatic rings. The molecule has 1 aromatic carbocycles. The molecule has 0 atom stereocenters. The molecule has 0 aromatic heterocycles. The number of thioether (sulfide) groups is 1. The van der Waals surface area contributed by atoms with Crippen LogP contribution in [0.15, 0.2) is 23.1 Å². The number of hydrogen-bond donors (Lipinski definition) is 2. The summed E-state index contributed by atoms with van der Waals surface area (Å²) in [5.74, 6) is -0.917. The van der Waals surface area contributed by atoms with Crippen molar-refractivity contribution in [3.8, 4) is 0 Å². The number of amidine groups is 1. The molecule has 112 valence electrons. The molecule has 0 radical (unpaired) electrons. The molecule has 2 aliphatic rings. The Morgan fingerprint density at radius 3 is 2.68 bits per heavy atom. The van der Waals surface area contributed by atoms with Crippen LogP contribution in [0, 0.1) is 15.5 Å². The van der Waals surface area contributed by atoms with Gasteiger partial charge in [0.05, 0.1) is 21.1 Å². The van der Waals surface area contributed by atoms with E-state index in [4.69, 9.17) is 5.41 Å². The van der Waals surface area contributed by atoms with E-state index in [9.17, 15) is 19.7 Å². The normalized spacial score (nSPS) is 20.4. The number of nitro benzene ring substituents is 1. The first-order valence-electron chi connectivity index (χ1n) is 6.36. The molecule has 0 spiro atoms. The van der Waals surface area contributed by atoms with Gasteiger partial charge in [0.1, 0.15) is 0 Å². The standard InChI is InChI=1S/C13H10N4O4S/c1-2-16-8-4-3-6(17(20)21)5-7(8)9(12(16)19)10-11(18)15-13(14)22-10/h3-5H,2H2,1H3,(H2,14,15,18)/b10-9-. The first kappa shape index (κ1) is 14.3. The van der Waals surface area contributed by atoms with Crippen molar-refractivity contribution in [2.75, 3.05) is 11.4 Å². The van der Waals surface area contributed by atoms with Gasteiger partial charge in [0.15, 0.2) is 5.17 Å². The minimum Gasteiger partial charge on any atom is -0.308 e. The molecule has 0 unspecified atom stereocenters. The maximum Gasteiger partial charge on any atom is 0.270 e. The highest BCUT2D eigenvalue weighted by Crippen LogP contribution is 2.43. The van der Waals surface area contributed by atoms with Gasteiger partial charge < -0.3 is 10.2 Å². The second-order valence-corrected chi connectivity index (χ2v) is 5.62. The molecule has 2 heterocycles. The van der Waals surface area contributed by atoms with Crippen LogP contribution in [0.3, 0.4) is 0 Å². The number of non-ortho nitro benzene ring substituents is 1. The lowest BCUT2D eigenvalue weighted by Crippen LogP contribution is -2.26. The zero-order valence-electron chi connectivity index (χ0n) is 11.4. The number of amides is 2. The molecule has 22 heavy (non-hydrogen) atoms. The number of carbonyl (C=O) groups excluding carboxylic acids is 2. The highest BCUT2D eigenvalue weighted by atomic mass is 32.2. The minimum absolute atomic E-state index is 0.0674. The molecule has 2 N–H and O–H groups in total. The number of nitro groups is 1. The van der Waals surface area contributed by atoms with E-state index in [0.29, 0.717) is 17.8 Å². The summed E-state index contributed by atoms with van der Waals surface area (Å²) in [4.78, 5) is 36.4. The second kappa shape index (κ2) is 4.95. The van der Waals surface area contributed by atoms with E-state index in [-0.39, 0.29) is 27.2 Å². The number of nitrogens with one attached hydrogen (secondary N) is 2. The van der Waals surface area contributed by atoms with Gasteiger partial charge in [-0.2, -0.15) is 0 Å². The van der Waals surface area contributed by atoms with Crippen LogP contribution in [-0.4, -0.2) is 28.5 Å². The van der Waals surface area contributed by atoms with E-state index in [0.717, 1.165) is 11.8 Å². The van der Waals surface area contributed by atoms with Crippen LogP contribution in [0.25, 0.3) is 5.57 Å². The number of nitrogens with zero attached hydrogens (tertiary/aromatic N) is 2. The van der Waals surface area contributed by atoms with Crippen LogP contribution in [0.1, 0.15) is 12.5 Å². The van der Waals surface area contributed by atoms with E-state index in [1.807, 2.05) is 0 Å². The monoisotopic (exact) mass is 318 g/mol. The fourth-order valence-electron chi connectivity index (χ4n) is 2.46. The predicted octanol–water partition coefficient (Wildman–Crippen LogP) is 1.47. The summed E-state index contributed by atoms with van der Waals surface area (Å²) >= 11 is 0.850. The predicted molar refractivity (Wildman–Crippen MR) is 81.5 cm³/mol. The molecule has 9 heteroatoms. The molecule has 1 saturated heterocycles. The zero-order valence-corrected chi connectivity index (χ0v) is 12.2. The van der Waals surface area contributed by atoms with Gasteiger partial charge in [-0.15, -0.1) is 0 Å². The van der Waals surface area contributed by atoms with Gasteiger partial charge in [-0.3, -0.25) is 25.1 Å². The van der Waals surface area contributed by atoms with E-state index < -0.39 is 10.8 Å². The Bertz CT molecular complexity index is 786. The largest absolute Gasteiger partial charge is 0.308 e. The molecule has 3 rings (SSSR count). The van der Waals surface area contributed by atoms with Crippen molar-refractivity contribution in [2.45, 2.75) is 6.92 Å². The Balaban J connectivity index is 2.26. The lowest BCUT2D eigenvalue weighted by Gasteiger charge is -2.13. The number of carbonyl (C=O) groups is 2. The van der Waals surface area contributed by atoms with E-state index >= 15 is 0 Å². The quantitative estimate of drug-likeness (QED) is 0.486. The summed E-state index contributed by atoms with van der Waals surface area (Å²) in [7, 11) is 0. The molecular weight excluding hydrogens is 308 g/mol. The van der Waals surface area contributed by atoms with Crippen molar-refractivity contribution < 1.29 is 14.5 Å². The number of rotatable bonds is 2. The maximum atomic E-state index is 12.5. The molecule has 0 bridgehead atoms. The SMILES string of the molecule is CCN1C(=O)/C(=C2\SC(=N)NC2=O)c2cc([N+](=O)[O-])ccc21. The lowest BCUT2D eigenvalue weighted by atomic mass is 10.1. The first-order valence-corrected chi connectivity index (χ1v) is 7.18. The van der Waals surface area contributed by atoms with Crippen LogP contribution < -0.4 is 10.2 Å². The van der Waals surface area contributed by atoms with Gasteiger partial charge in [-0.05, 0) is 24.8 Å². The number of fused-ring (bicyclic) bond motifs is 1. The fourth-order valence-corrected chi connectivity index (χ4v) is 3.26. The number of hydrogen-bond acceptors (Lipinski definition) is 6. The van der Waals surface area contributed by atoms with Crippen LogP contribution >= 0.6 is 11.8 Å². The topological polar surface area (TPSA) is 116 Å². The maximum absolute atomic E-state index is 12.5. The number of anilines is 1. The van der Waals surface area contributed by atoms with E-state index in [2.05, 4.69) is 5.32 Å². The highest BCUT2D eigenvalue weighted by Gasteiger charge is 2.39. The average Bonchev–Trinajstić information content (AvgIpc) is 2.93. The van der Waals surface area contributed by atoms with Gasteiger partial charge in [-0.1, -0.05) is 0 Å². The number of benzene rings is 1. The van der Waals surface area contributed by atoms with Crippen LogP contribution in [-0.2, 0) is 9.59 Å². The highest BCUT2D eigenvalue weighted by molar-refractivity contribution is 8.18. The lowest BCUT2D eigenvalue weighted by molar-refractivity contribution is -0.384. The Hall–Kier alpha value is -2.68. The molecular formula is C13H10N4O4S. The first-order chi connectivity index (χ1) is 10.4. The van der Waals surface area contributed by atoms with Crippen LogP contribution in [0.2, 0.25) is 0 Å². The van der Waals surface area contributed by atoms with Crippen molar-refractivity contribution in [1.82, 2.24) is 5.32 Å². The van der Waals surface area contributed by atoms with Crippen LogP contribution in [0.4, 0.5) is 11.4 Å². The van der Waals surface area contributed by atoms with Crippen molar-refractivity contribution in [3.05, 3.63) is 38.8 Å². The summed E-state index contributed by atoms with van der Waals surface area (Å²) in [5.41, 5.74) is 0.854. The van der Waals surface area contributed by atoms with Crippen LogP contribution in [0.5, 0.6) is 0 Å². The Labute approximate surface area is 128 Å². The third-order valence-electron chi connectivity index (χ3n) is 3.39. The molecule has 0 aliphatic carbocycles. The molecule has 2 aliphatic heterocycles. The van der Waals surface area contributed by atoms with Gasteiger partial charge in [-0.25, -0.2) is 0 Å². The summed E-state index contributed by atoms with van der Waals surface area (Å²) in [6, 6.07) is 4.12. The van der Waals surface area contributed by atoms with Gasteiger partial charge in [0, 0.05) is 24.2 Å². The summed E-state index contributed by atoms with van der Waals surface area (Å²) in [5, 5.41) is 20.7. The second-order valence-electron chi connectivity index (χ2n) is 4.60. The molecule has 0 saturated carbocycles. The smallest absolute Gasteiger partial charge is 0.270 e. The van der Waals surface area contributed by atoms with Gasteiger partial charge in [0.2, 0.25) is 0 Å². The van der Waals surface area contributed by atoms with Crippen molar-refractivity contribution in [3.63, 3.8) is 0 Å². The van der Waals surface area contributed by atoms with Gasteiger partial charge >= 0.3 is 0 Å². The molecule has 1 fully saturated rings. The Kier molecular flexibility index (Phi) is 3.21. The Morgan fingerprint density at radius 2 is 2.14 bits per heavy atom. The third-order valence-corrected chi connectivity index (χ3v) is 4.29. The van der Waals surface area contributed by atoms with E-state index in [1.54, 1.807) is 6.92 Å². The van der Waals surface area contributed by atoms with Crippen molar-refractivity contribution in [1.29, 1.82) is 5.41 Å². The van der Waals surface area contributed by atoms with Gasteiger partial charge in [0.25, 0.3) is 17.5 Å². The fraction of sp³-hybridized carbons (Fsp3) is 0.154.